The molecule has 1 aliphatic carbocycles. The summed E-state index contributed by atoms with van der Waals surface area (Å²) in [7, 11) is 1.45. The van der Waals surface area contributed by atoms with Gasteiger partial charge in [-0.3, -0.25) is 4.79 Å². The molecule has 0 amide bonds. The minimum Gasteiger partial charge on any atom is -0.468 e. The van der Waals surface area contributed by atoms with E-state index in [9.17, 15) is 4.79 Å². The van der Waals surface area contributed by atoms with E-state index in [0.29, 0.717) is 18.0 Å². The average molecular weight is 242 g/mol. The molecule has 2 unspecified atom stereocenters. The predicted molar refractivity (Wildman–Crippen MR) is 68.6 cm³/mol. The van der Waals surface area contributed by atoms with Crippen LogP contribution in [0.1, 0.15) is 46.0 Å². The number of hydrogen-bond donors (Lipinski definition) is 2. The van der Waals surface area contributed by atoms with Crippen LogP contribution in [0, 0.1) is 5.92 Å². The third kappa shape index (κ3) is 4.28. The molecule has 0 aromatic heterocycles. The highest BCUT2D eigenvalue weighted by Crippen LogP contribution is 2.19. The summed E-state index contributed by atoms with van der Waals surface area (Å²) in [5, 5.41) is 3.45. The van der Waals surface area contributed by atoms with E-state index in [0.717, 1.165) is 32.1 Å². The lowest BCUT2D eigenvalue weighted by molar-refractivity contribution is -0.144. The van der Waals surface area contributed by atoms with E-state index in [2.05, 4.69) is 19.2 Å². The van der Waals surface area contributed by atoms with Crippen molar-refractivity contribution in [2.75, 3.05) is 7.11 Å². The van der Waals surface area contributed by atoms with Gasteiger partial charge in [0, 0.05) is 12.1 Å². The zero-order chi connectivity index (χ0) is 12.8. The van der Waals surface area contributed by atoms with Gasteiger partial charge >= 0.3 is 5.97 Å². The molecule has 2 atom stereocenters. The molecular weight excluding hydrogens is 216 g/mol. The second kappa shape index (κ2) is 6.97. The van der Waals surface area contributed by atoms with Gasteiger partial charge in [-0.15, -0.1) is 0 Å². The molecule has 0 heterocycles. The van der Waals surface area contributed by atoms with Crippen LogP contribution in [0.5, 0.6) is 0 Å². The summed E-state index contributed by atoms with van der Waals surface area (Å²) in [5.74, 6) is 0.160. The Morgan fingerprint density at radius 3 is 2.47 bits per heavy atom. The number of methoxy groups -OCH3 is 1. The second-order valence-corrected chi connectivity index (χ2v) is 5.16. The number of carbonyl (C=O) groups is 1. The van der Waals surface area contributed by atoms with Crippen molar-refractivity contribution in [3.63, 3.8) is 0 Å². The highest BCUT2D eigenvalue weighted by atomic mass is 16.5. The number of nitrogens with one attached hydrogen (secondary N) is 1. The molecule has 17 heavy (non-hydrogen) atoms. The van der Waals surface area contributed by atoms with E-state index in [4.69, 9.17) is 10.5 Å². The van der Waals surface area contributed by atoms with E-state index in [1.165, 1.54) is 7.11 Å². The third-order valence-corrected chi connectivity index (χ3v) is 3.86. The fourth-order valence-electron chi connectivity index (χ4n) is 2.37. The van der Waals surface area contributed by atoms with Crippen LogP contribution in [0.15, 0.2) is 0 Å². The molecule has 4 heteroatoms. The van der Waals surface area contributed by atoms with E-state index in [1.807, 2.05) is 0 Å². The van der Waals surface area contributed by atoms with Gasteiger partial charge < -0.3 is 15.8 Å². The van der Waals surface area contributed by atoms with Crippen LogP contribution in [0.25, 0.3) is 0 Å². The van der Waals surface area contributed by atoms with Gasteiger partial charge in [0.1, 0.15) is 6.04 Å². The van der Waals surface area contributed by atoms with Crippen LogP contribution in [0.3, 0.4) is 0 Å². The molecule has 3 N–H and O–H groups in total. The van der Waals surface area contributed by atoms with Crippen LogP contribution < -0.4 is 11.1 Å². The SMILES string of the molecule is CCC(C)C(NC1CCC(N)CC1)C(=O)OC. The summed E-state index contributed by atoms with van der Waals surface area (Å²) in [6, 6.07) is 0.574. The van der Waals surface area contributed by atoms with Gasteiger partial charge in [0.05, 0.1) is 7.11 Å². The molecule has 1 aliphatic rings. The summed E-state index contributed by atoms with van der Waals surface area (Å²) >= 11 is 0. The lowest BCUT2D eigenvalue weighted by Crippen LogP contribution is -2.49. The first-order valence-corrected chi connectivity index (χ1v) is 6.67. The van der Waals surface area contributed by atoms with E-state index < -0.39 is 0 Å². The van der Waals surface area contributed by atoms with Crippen molar-refractivity contribution in [2.45, 2.75) is 64.1 Å². The zero-order valence-electron chi connectivity index (χ0n) is 11.2. The molecule has 100 valence electrons. The van der Waals surface area contributed by atoms with Gasteiger partial charge in [-0.05, 0) is 31.6 Å². The molecule has 0 aliphatic heterocycles. The summed E-state index contributed by atoms with van der Waals surface area (Å²) in [5.41, 5.74) is 5.88. The van der Waals surface area contributed by atoms with Crippen molar-refractivity contribution in [3.05, 3.63) is 0 Å². The fourth-order valence-corrected chi connectivity index (χ4v) is 2.37. The Labute approximate surface area is 104 Å². The molecule has 1 rings (SSSR count). The lowest BCUT2D eigenvalue weighted by Gasteiger charge is -2.31. The molecule has 0 radical (unpaired) electrons. The van der Waals surface area contributed by atoms with Gasteiger partial charge in [-0.1, -0.05) is 20.3 Å². The maximum absolute atomic E-state index is 11.7. The highest BCUT2D eigenvalue weighted by Gasteiger charge is 2.28. The molecule has 0 saturated heterocycles. The van der Waals surface area contributed by atoms with E-state index >= 15 is 0 Å². The Morgan fingerprint density at radius 2 is 2.00 bits per heavy atom. The van der Waals surface area contributed by atoms with Crippen LogP contribution in [-0.2, 0) is 9.53 Å². The van der Waals surface area contributed by atoms with Gasteiger partial charge in [0.15, 0.2) is 0 Å². The molecule has 1 saturated carbocycles. The van der Waals surface area contributed by atoms with Gasteiger partial charge in [0.25, 0.3) is 0 Å². The lowest BCUT2D eigenvalue weighted by atomic mass is 9.89. The smallest absolute Gasteiger partial charge is 0.323 e. The summed E-state index contributed by atoms with van der Waals surface area (Å²) < 4.78 is 4.87. The van der Waals surface area contributed by atoms with Crippen molar-refractivity contribution in [1.29, 1.82) is 0 Å². The normalized spacial score (nSPS) is 28.5. The minimum absolute atomic E-state index is 0.144. The number of ether oxygens (including phenoxy) is 1. The zero-order valence-corrected chi connectivity index (χ0v) is 11.2. The third-order valence-electron chi connectivity index (χ3n) is 3.86. The number of carbonyl (C=O) groups excluding carboxylic acids is 1. The molecule has 0 bridgehead atoms. The summed E-state index contributed by atoms with van der Waals surface area (Å²) in [6.07, 6.45) is 5.19. The molecule has 0 spiro atoms. The fraction of sp³-hybridized carbons (Fsp3) is 0.923. The Kier molecular flexibility index (Phi) is 5.92. The van der Waals surface area contributed by atoms with E-state index in [-0.39, 0.29) is 12.0 Å². The maximum atomic E-state index is 11.7. The van der Waals surface area contributed by atoms with Crippen molar-refractivity contribution in [1.82, 2.24) is 5.32 Å². The maximum Gasteiger partial charge on any atom is 0.323 e. The van der Waals surface area contributed by atoms with Gasteiger partial charge in [0.2, 0.25) is 0 Å². The first-order chi connectivity index (χ1) is 8.08. The van der Waals surface area contributed by atoms with Crippen molar-refractivity contribution in [3.8, 4) is 0 Å². The summed E-state index contributed by atoms with van der Waals surface area (Å²) in [4.78, 5) is 11.7. The summed E-state index contributed by atoms with van der Waals surface area (Å²) in [6.45, 7) is 4.18. The minimum atomic E-state index is -0.177. The van der Waals surface area contributed by atoms with Crippen LogP contribution in [0.2, 0.25) is 0 Å². The standard InChI is InChI=1S/C13H26N2O2/c1-4-9(2)12(13(16)17-3)15-11-7-5-10(14)6-8-11/h9-12,15H,4-8,14H2,1-3H3. The Balaban J connectivity index is 2.51. The van der Waals surface area contributed by atoms with Crippen molar-refractivity contribution in [2.24, 2.45) is 11.7 Å². The van der Waals surface area contributed by atoms with Crippen LogP contribution in [-0.4, -0.2) is 31.2 Å². The quantitative estimate of drug-likeness (QED) is 0.716. The van der Waals surface area contributed by atoms with Gasteiger partial charge in [-0.25, -0.2) is 0 Å². The molecule has 0 aromatic carbocycles. The number of esters is 1. The molecule has 4 nitrogen and oxygen atoms in total. The van der Waals surface area contributed by atoms with E-state index in [1.54, 1.807) is 0 Å². The molecule has 1 fully saturated rings. The predicted octanol–water partition coefficient (Wildman–Crippen LogP) is 1.43. The molecule has 0 aromatic rings. The Bertz CT molecular complexity index is 238. The molecular formula is C13H26N2O2. The van der Waals surface area contributed by atoms with Crippen LogP contribution in [0.4, 0.5) is 0 Å². The monoisotopic (exact) mass is 242 g/mol. The first kappa shape index (κ1) is 14.5. The van der Waals surface area contributed by atoms with Crippen molar-refractivity contribution >= 4 is 5.97 Å². The first-order valence-electron chi connectivity index (χ1n) is 6.67. The number of rotatable bonds is 5. The van der Waals surface area contributed by atoms with Crippen molar-refractivity contribution < 1.29 is 9.53 Å². The highest BCUT2D eigenvalue weighted by molar-refractivity contribution is 5.76. The Morgan fingerprint density at radius 1 is 1.41 bits per heavy atom. The number of nitrogens with two attached hydrogens (primary N) is 1. The van der Waals surface area contributed by atoms with Crippen LogP contribution >= 0.6 is 0 Å². The topological polar surface area (TPSA) is 64.3 Å². The largest absolute Gasteiger partial charge is 0.468 e. The second-order valence-electron chi connectivity index (χ2n) is 5.16. The number of hydrogen-bond acceptors (Lipinski definition) is 4. The van der Waals surface area contributed by atoms with Gasteiger partial charge in [-0.2, -0.15) is 0 Å². The average Bonchev–Trinajstić information content (AvgIpc) is 2.36. The Hall–Kier alpha value is -0.610.